The van der Waals surface area contributed by atoms with E-state index in [1.807, 2.05) is 32.0 Å². The number of benzene rings is 1. The second-order valence-electron chi connectivity index (χ2n) is 3.34. The van der Waals surface area contributed by atoms with Crippen molar-refractivity contribution in [3.63, 3.8) is 0 Å². The fraction of sp³-hybridized carbons (Fsp3) is 0.273. The highest BCUT2D eigenvalue weighted by atomic mass is 79.9. The highest BCUT2D eigenvalue weighted by Gasteiger charge is 2.10. The molecule has 2 rings (SSSR count). The Bertz CT molecular complexity index is 479. The van der Waals surface area contributed by atoms with Crippen molar-refractivity contribution in [2.45, 2.75) is 20.3 Å². The third-order valence-corrected chi connectivity index (χ3v) is 2.78. The van der Waals surface area contributed by atoms with Crippen LogP contribution in [0.15, 0.2) is 27.1 Å². The first-order valence-corrected chi connectivity index (χ1v) is 5.59. The average molecular weight is 267 g/mol. The Balaban J connectivity index is 2.44. The molecule has 15 heavy (non-hydrogen) atoms. The minimum absolute atomic E-state index is 0.568. The lowest BCUT2D eigenvalue weighted by Gasteiger charge is -1.99. The molecule has 0 radical (unpaired) electrons. The molecule has 4 heteroatoms. The third kappa shape index (κ3) is 2.09. The van der Waals surface area contributed by atoms with Crippen molar-refractivity contribution in [2.24, 2.45) is 0 Å². The molecule has 0 saturated carbocycles. The normalized spacial score (nSPS) is 10.6. The SMILES string of the molecule is CCc1nnc(-c2ccc(C)cc2Br)o1. The number of aryl methyl sites for hydroxylation is 2. The molecule has 0 spiro atoms. The molecule has 0 aliphatic carbocycles. The second kappa shape index (κ2) is 4.14. The zero-order chi connectivity index (χ0) is 10.8. The lowest BCUT2D eigenvalue weighted by Crippen LogP contribution is -1.81. The summed E-state index contributed by atoms with van der Waals surface area (Å²) in [7, 11) is 0. The summed E-state index contributed by atoms with van der Waals surface area (Å²) in [6.07, 6.45) is 0.760. The first-order chi connectivity index (χ1) is 7.20. The summed E-state index contributed by atoms with van der Waals surface area (Å²) in [6, 6.07) is 6.04. The van der Waals surface area contributed by atoms with E-state index in [2.05, 4.69) is 26.1 Å². The Morgan fingerprint density at radius 1 is 1.33 bits per heavy atom. The first kappa shape index (κ1) is 10.4. The smallest absolute Gasteiger partial charge is 0.248 e. The van der Waals surface area contributed by atoms with Crippen LogP contribution >= 0.6 is 15.9 Å². The summed E-state index contributed by atoms with van der Waals surface area (Å²) in [5.41, 5.74) is 2.13. The van der Waals surface area contributed by atoms with Gasteiger partial charge >= 0.3 is 0 Å². The molecule has 0 bridgehead atoms. The maximum Gasteiger partial charge on any atom is 0.248 e. The summed E-state index contributed by atoms with van der Waals surface area (Å²) in [5, 5.41) is 7.94. The molecule has 1 aromatic carbocycles. The van der Waals surface area contributed by atoms with E-state index in [0.29, 0.717) is 11.8 Å². The van der Waals surface area contributed by atoms with Gasteiger partial charge in [-0.15, -0.1) is 10.2 Å². The van der Waals surface area contributed by atoms with Gasteiger partial charge in [0.05, 0.1) is 5.56 Å². The van der Waals surface area contributed by atoms with Crippen LogP contribution in [0.25, 0.3) is 11.5 Å². The topological polar surface area (TPSA) is 38.9 Å². The Labute approximate surface area is 96.7 Å². The fourth-order valence-electron chi connectivity index (χ4n) is 1.30. The molecule has 3 nitrogen and oxygen atoms in total. The summed E-state index contributed by atoms with van der Waals surface area (Å²) in [5.74, 6) is 1.23. The maximum atomic E-state index is 5.49. The van der Waals surface area contributed by atoms with Gasteiger partial charge in [0.2, 0.25) is 11.8 Å². The van der Waals surface area contributed by atoms with Crippen LogP contribution in [0.4, 0.5) is 0 Å². The molecule has 78 valence electrons. The van der Waals surface area contributed by atoms with E-state index >= 15 is 0 Å². The number of rotatable bonds is 2. The van der Waals surface area contributed by atoms with Gasteiger partial charge in [-0.1, -0.05) is 13.0 Å². The van der Waals surface area contributed by atoms with Crippen LogP contribution in [-0.4, -0.2) is 10.2 Å². The minimum Gasteiger partial charge on any atom is -0.421 e. The molecule has 0 aliphatic rings. The lowest BCUT2D eigenvalue weighted by atomic mass is 10.1. The molecule has 2 aromatic rings. The summed E-state index contributed by atoms with van der Waals surface area (Å²) >= 11 is 3.49. The summed E-state index contributed by atoms with van der Waals surface area (Å²) in [6.45, 7) is 4.03. The van der Waals surface area contributed by atoms with Gasteiger partial charge in [-0.2, -0.15) is 0 Å². The molecule has 0 amide bonds. The molecule has 0 N–H and O–H groups in total. The van der Waals surface area contributed by atoms with Gasteiger partial charge in [0.15, 0.2) is 0 Å². The number of halogens is 1. The van der Waals surface area contributed by atoms with Crippen LogP contribution in [0.2, 0.25) is 0 Å². The predicted octanol–water partition coefficient (Wildman–Crippen LogP) is 3.37. The first-order valence-electron chi connectivity index (χ1n) is 4.79. The molecule has 0 fully saturated rings. The largest absolute Gasteiger partial charge is 0.421 e. The van der Waals surface area contributed by atoms with Gasteiger partial charge in [-0.25, -0.2) is 0 Å². The van der Waals surface area contributed by atoms with Gasteiger partial charge in [-0.3, -0.25) is 0 Å². The van der Waals surface area contributed by atoms with Crippen molar-refractivity contribution in [2.75, 3.05) is 0 Å². The van der Waals surface area contributed by atoms with Gasteiger partial charge in [0.25, 0.3) is 0 Å². The van der Waals surface area contributed by atoms with E-state index in [0.717, 1.165) is 16.5 Å². The second-order valence-corrected chi connectivity index (χ2v) is 4.19. The highest BCUT2D eigenvalue weighted by molar-refractivity contribution is 9.10. The summed E-state index contributed by atoms with van der Waals surface area (Å²) in [4.78, 5) is 0. The molecule has 0 atom stereocenters. The monoisotopic (exact) mass is 266 g/mol. The fourth-order valence-corrected chi connectivity index (χ4v) is 1.96. The van der Waals surface area contributed by atoms with Gasteiger partial charge in [-0.05, 0) is 40.5 Å². The number of aromatic nitrogens is 2. The quantitative estimate of drug-likeness (QED) is 0.837. The van der Waals surface area contributed by atoms with Gasteiger partial charge < -0.3 is 4.42 Å². The van der Waals surface area contributed by atoms with Crippen molar-refractivity contribution in [3.8, 4) is 11.5 Å². The van der Waals surface area contributed by atoms with Gasteiger partial charge in [0, 0.05) is 10.9 Å². The Morgan fingerprint density at radius 3 is 2.73 bits per heavy atom. The number of hydrogen-bond donors (Lipinski definition) is 0. The highest BCUT2D eigenvalue weighted by Crippen LogP contribution is 2.27. The zero-order valence-corrected chi connectivity index (χ0v) is 10.2. The lowest BCUT2D eigenvalue weighted by molar-refractivity contribution is 0.512. The average Bonchev–Trinajstić information content (AvgIpc) is 2.66. The van der Waals surface area contributed by atoms with E-state index in [4.69, 9.17) is 4.42 Å². The predicted molar refractivity (Wildman–Crippen MR) is 61.5 cm³/mol. The maximum absolute atomic E-state index is 5.49. The van der Waals surface area contributed by atoms with Crippen molar-refractivity contribution >= 4 is 15.9 Å². The number of hydrogen-bond acceptors (Lipinski definition) is 3. The standard InChI is InChI=1S/C11H11BrN2O/c1-3-10-13-14-11(15-10)8-5-4-7(2)6-9(8)12/h4-6H,3H2,1-2H3. The molecule has 1 heterocycles. The summed E-state index contributed by atoms with van der Waals surface area (Å²) < 4.78 is 6.47. The van der Waals surface area contributed by atoms with Crippen LogP contribution in [0.1, 0.15) is 18.4 Å². The molecule has 1 aromatic heterocycles. The van der Waals surface area contributed by atoms with E-state index < -0.39 is 0 Å². The zero-order valence-electron chi connectivity index (χ0n) is 8.62. The van der Waals surface area contributed by atoms with Crippen LogP contribution in [0, 0.1) is 6.92 Å². The third-order valence-electron chi connectivity index (χ3n) is 2.12. The van der Waals surface area contributed by atoms with Crippen molar-refractivity contribution in [1.82, 2.24) is 10.2 Å². The van der Waals surface area contributed by atoms with E-state index in [9.17, 15) is 0 Å². The van der Waals surface area contributed by atoms with Crippen LogP contribution < -0.4 is 0 Å². The molecular weight excluding hydrogens is 256 g/mol. The van der Waals surface area contributed by atoms with E-state index in [1.54, 1.807) is 0 Å². The van der Waals surface area contributed by atoms with E-state index in [1.165, 1.54) is 5.56 Å². The van der Waals surface area contributed by atoms with Crippen LogP contribution in [-0.2, 0) is 6.42 Å². The van der Waals surface area contributed by atoms with Crippen LogP contribution in [0.3, 0.4) is 0 Å². The van der Waals surface area contributed by atoms with Gasteiger partial charge in [0.1, 0.15) is 0 Å². The molecule has 0 aliphatic heterocycles. The molecular formula is C11H11BrN2O. The van der Waals surface area contributed by atoms with Crippen LogP contribution in [0.5, 0.6) is 0 Å². The van der Waals surface area contributed by atoms with Crippen molar-refractivity contribution in [1.29, 1.82) is 0 Å². The van der Waals surface area contributed by atoms with E-state index in [-0.39, 0.29) is 0 Å². The Kier molecular flexibility index (Phi) is 2.86. The Hall–Kier alpha value is -1.16. The number of nitrogens with zero attached hydrogens (tertiary/aromatic N) is 2. The van der Waals surface area contributed by atoms with Crippen molar-refractivity contribution in [3.05, 3.63) is 34.1 Å². The molecule has 0 unspecified atom stereocenters. The minimum atomic E-state index is 0.568. The van der Waals surface area contributed by atoms with Crippen molar-refractivity contribution < 1.29 is 4.42 Å². The Morgan fingerprint density at radius 2 is 2.13 bits per heavy atom. The molecule has 0 saturated heterocycles.